The Hall–Kier alpha value is -2.21. The maximum Gasteiger partial charge on any atom is 0.224 e. The van der Waals surface area contributed by atoms with E-state index in [1.165, 1.54) is 12.1 Å². The Morgan fingerprint density at radius 3 is 2.85 bits per heavy atom. The Labute approximate surface area is 154 Å². The first-order valence-electron chi connectivity index (χ1n) is 9.06. The summed E-state index contributed by atoms with van der Waals surface area (Å²) in [6.07, 6.45) is 4.28. The van der Waals surface area contributed by atoms with E-state index < -0.39 is 0 Å². The molecule has 0 saturated carbocycles. The summed E-state index contributed by atoms with van der Waals surface area (Å²) < 4.78 is 18.4. The number of nitrogens with one attached hydrogen (secondary N) is 1. The fraction of sp³-hybridized carbons (Fsp3) is 0.500. The molecule has 0 radical (unpaired) electrons. The second kappa shape index (κ2) is 10.1. The lowest BCUT2D eigenvalue weighted by Gasteiger charge is -2.19. The number of benzene rings is 1. The van der Waals surface area contributed by atoms with Gasteiger partial charge in [-0.25, -0.2) is 4.39 Å². The molecule has 0 aliphatic rings. The predicted octanol–water partition coefficient (Wildman–Crippen LogP) is 3.81. The quantitative estimate of drug-likeness (QED) is 0.655. The topological polar surface area (TPSA) is 58.2 Å². The van der Waals surface area contributed by atoms with Crippen LogP contribution in [0.4, 0.5) is 4.39 Å². The van der Waals surface area contributed by atoms with Crippen molar-refractivity contribution in [2.24, 2.45) is 0 Å². The molecule has 2 aromatic rings. The largest absolute Gasteiger partial charge is 0.381 e. The van der Waals surface area contributed by atoms with Crippen molar-refractivity contribution in [1.82, 2.24) is 15.1 Å². The lowest BCUT2D eigenvalue weighted by atomic mass is 10.1. The molecule has 1 amide bonds. The van der Waals surface area contributed by atoms with Gasteiger partial charge in [0.2, 0.25) is 5.91 Å². The maximum atomic E-state index is 13.3. The van der Waals surface area contributed by atoms with Crippen LogP contribution in [0.5, 0.6) is 0 Å². The van der Waals surface area contributed by atoms with Crippen LogP contribution in [-0.4, -0.2) is 47.8 Å². The third-order valence-electron chi connectivity index (χ3n) is 4.48. The summed E-state index contributed by atoms with van der Waals surface area (Å²) in [6, 6.07) is 8.41. The minimum Gasteiger partial charge on any atom is -0.381 e. The molecule has 0 spiro atoms. The number of carbonyl (C=O) groups is 1. The first-order chi connectivity index (χ1) is 12.5. The second-order valence-electron chi connectivity index (χ2n) is 6.67. The Balaban J connectivity index is 1.68. The highest BCUT2D eigenvalue weighted by Gasteiger charge is 2.12. The van der Waals surface area contributed by atoms with Crippen molar-refractivity contribution >= 4 is 5.91 Å². The third kappa shape index (κ3) is 6.26. The fourth-order valence-corrected chi connectivity index (χ4v) is 2.74. The van der Waals surface area contributed by atoms with Gasteiger partial charge in [-0.2, -0.15) is 5.10 Å². The molecule has 5 nitrogen and oxygen atoms in total. The summed E-state index contributed by atoms with van der Waals surface area (Å²) in [7, 11) is 3.46. The summed E-state index contributed by atoms with van der Waals surface area (Å²) in [5, 5.41) is 7.28. The molecule has 1 heterocycles. The molecule has 0 saturated heterocycles. The first-order valence-corrected chi connectivity index (χ1v) is 9.06. The number of aryl methyl sites for hydroxylation is 1. The van der Waals surface area contributed by atoms with Gasteiger partial charge in [-0.1, -0.05) is 18.6 Å². The van der Waals surface area contributed by atoms with E-state index in [0.29, 0.717) is 6.42 Å². The highest BCUT2D eigenvalue weighted by atomic mass is 19.1. The van der Waals surface area contributed by atoms with Crippen LogP contribution in [0.2, 0.25) is 0 Å². The van der Waals surface area contributed by atoms with Crippen molar-refractivity contribution in [3.63, 3.8) is 0 Å². The Morgan fingerprint density at radius 2 is 2.12 bits per heavy atom. The molecule has 1 aromatic heterocycles. The number of rotatable bonds is 10. The third-order valence-corrected chi connectivity index (χ3v) is 4.48. The van der Waals surface area contributed by atoms with Gasteiger partial charge in [0.05, 0.1) is 18.2 Å². The SMILES string of the molecule is COC(C)CC(=O)N(C)CCCCCc1cc(-c2cccc(F)c2)n[nH]1. The fourth-order valence-electron chi connectivity index (χ4n) is 2.74. The second-order valence-corrected chi connectivity index (χ2v) is 6.67. The average Bonchev–Trinajstić information content (AvgIpc) is 3.10. The minimum atomic E-state index is -0.259. The Bertz CT molecular complexity index is 702. The van der Waals surface area contributed by atoms with Gasteiger partial charge in [0.15, 0.2) is 0 Å². The number of aromatic nitrogens is 2. The van der Waals surface area contributed by atoms with Crippen LogP contribution in [0.15, 0.2) is 30.3 Å². The number of ether oxygens (including phenoxy) is 1. The molecule has 2 rings (SSSR count). The number of halogens is 1. The van der Waals surface area contributed by atoms with E-state index >= 15 is 0 Å². The van der Waals surface area contributed by atoms with E-state index in [1.807, 2.05) is 26.1 Å². The summed E-state index contributed by atoms with van der Waals surface area (Å²) in [4.78, 5) is 13.7. The van der Waals surface area contributed by atoms with Crippen LogP contribution in [0.3, 0.4) is 0 Å². The van der Waals surface area contributed by atoms with Crippen molar-refractivity contribution in [2.45, 2.75) is 45.1 Å². The zero-order chi connectivity index (χ0) is 18.9. The van der Waals surface area contributed by atoms with E-state index in [-0.39, 0.29) is 17.8 Å². The van der Waals surface area contributed by atoms with Gasteiger partial charge in [0, 0.05) is 32.0 Å². The Kier molecular flexibility index (Phi) is 7.78. The van der Waals surface area contributed by atoms with Crippen LogP contribution in [0.25, 0.3) is 11.3 Å². The number of unbranched alkanes of at least 4 members (excludes halogenated alkanes) is 2. The molecule has 6 heteroatoms. The highest BCUT2D eigenvalue weighted by molar-refractivity contribution is 5.76. The lowest BCUT2D eigenvalue weighted by molar-refractivity contribution is -0.132. The summed E-state index contributed by atoms with van der Waals surface area (Å²) in [5.74, 6) is -0.140. The number of nitrogens with zero attached hydrogens (tertiary/aromatic N) is 2. The van der Waals surface area contributed by atoms with Gasteiger partial charge >= 0.3 is 0 Å². The molecular formula is C20H28FN3O2. The number of hydrogen-bond donors (Lipinski definition) is 1. The molecule has 0 bridgehead atoms. The molecule has 26 heavy (non-hydrogen) atoms. The number of methoxy groups -OCH3 is 1. The average molecular weight is 361 g/mol. The van der Waals surface area contributed by atoms with E-state index in [9.17, 15) is 9.18 Å². The number of amides is 1. The molecule has 1 unspecified atom stereocenters. The van der Waals surface area contributed by atoms with Gasteiger partial charge in [-0.3, -0.25) is 9.89 Å². The molecule has 1 aromatic carbocycles. The number of hydrogen-bond acceptors (Lipinski definition) is 3. The molecule has 0 aliphatic heterocycles. The zero-order valence-corrected chi connectivity index (χ0v) is 15.8. The van der Waals surface area contributed by atoms with Gasteiger partial charge < -0.3 is 9.64 Å². The monoisotopic (exact) mass is 361 g/mol. The number of aromatic amines is 1. The van der Waals surface area contributed by atoms with Crippen LogP contribution < -0.4 is 0 Å². The molecular weight excluding hydrogens is 333 g/mol. The predicted molar refractivity (Wildman–Crippen MR) is 100 cm³/mol. The van der Waals surface area contributed by atoms with E-state index in [0.717, 1.165) is 49.2 Å². The van der Waals surface area contributed by atoms with Crippen molar-refractivity contribution in [3.05, 3.63) is 41.8 Å². The summed E-state index contributed by atoms with van der Waals surface area (Å²) in [6.45, 7) is 2.65. The molecule has 0 fully saturated rings. The number of carbonyl (C=O) groups excluding carboxylic acids is 1. The van der Waals surface area contributed by atoms with Gasteiger partial charge in [-0.05, 0) is 44.4 Å². The van der Waals surface area contributed by atoms with Gasteiger partial charge in [0.25, 0.3) is 0 Å². The summed E-state index contributed by atoms with van der Waals surface area (Å²) in [5.41, 5.74) is 2.58. The van der Waals surface area contributed by atoms with Crippen LogP contribution in [0, 0.1) is 5.82 Å². The van der Waals surface area contributed by atoms with Crippen molar-refractivity contribution in [3.8, 4) is 11.3 Å². The van der Waals surface area contributed by atoms with Crippen molar-refractivity contribution in [2.75, 3.05) is 20.7 Å². The lowest BCUT2D eigenvalue weighted by Crippen LogP contribution is -2.30. The Morgan fingerprint density at radius 1 is 1.31 bits per heavy atom. The van der Waals surface area contributed by atoms with Crippen LogP contribution >= 0.6 is 0 Å². The maximum absolute atomic E-state index is 13.3. The van der Waals surface area contributed by atoms with Gasteiger partial charge in [-0.15, -0.1) is 0 Å². The van der Waals surface area contributed by atoms with Crippen LogP contribution in [-0.2, 0) is 16.0 Å². The van der Waals surface area contributed by atoms with E-state index in [4.69, 9.17) is 4.74 Å². The summed E-state index contributed by atoms with van der Waals surface area (Å²) >= 11 is 0. The van der Waals surface area contributed by atoms with E-state index in [2.05, 4.69) is 10.2 Å². The molecule has 0 aliphatic carbocycles. The number of H-pyrrole nitrogens is 1. The van der Waals surface area contributed by atoms with E-state index in [1.54, 1.807) is 18.1 Å². The zero-order valence-electron chi connectivity index (χ0n) is 15.8. The first kappa shape index (κ1) is 20.1. The van der Waals surface area contributed by atoms with Crippen molar-refractivity contribution < 1.29 is 13.9 Å². The minimum absolute atomic E-state index is 0.0439. The molecule has 1 atom stereocenters. The van der Waals surface area contributed by atoms with Crippen molar-refractivity contribution in [1.29, 1.82) is 0 Å². The molecule has 1 N–H and O–H groups in total. The standard InChI is InChI=1S/C20H28FN3O2/c1-15(26-3)12-20(25)24(2)11-6-4-5-10-18-14-19(23-22-18)16-8-7-9-17(21)13-16/h7-9,13-15H,4-6,10-12H2,1-3H3,(H,22,23). The normalized spacial score (nSPS) is 12.2. The van der Waals surface area contributed by atoms with Gasteiger partial charge in [0.1, 0.15) is 5.82 Å². The smallest absolute Gasteiger partial charge is 0.224 e. The highest BCUT2D eigenvalue weighted by Crippen LogP contribution is 2.19. The molecule has 142 valence electrons. The van der Waals surface area contributed by atoms with Crippen LogP contribution in [0.1, 0.15) is 38.3 Å².